The molecule has 0 saturated carbocycles. The predicted molar refractivity (Wildman–Crippen MR) is 452 cm³/mol. The molecule has 112 heavy (non-hydrogen) atoms. The van der Waals surface area contributed by atoms with Gasteiger partial charge in [-0.15, -0.1) is 0 Å². The van der Waals surface area contributed by atoms with E-state index in [1.165, 1.54) is 89.0 Å². The molecule has 0 atom stereocenters. The zero-order valence-corrected chi connectivity index (χ0v) is 61.8. The summed E-state index contributed by atoms with van der Waals surface area (Å²) in [5, 5.41) is 0. The van der Waals surface area contributed by atoms with E-state index >= 15 is 0 Å². The van der Waals surface area contributed by atoms with Gasteiger partial charge in [-0.3, -0.25) is 0 Å². The molecule has 534 valence electrons. The minimum atomic E-state index is -0.728. The summed E-state index contributed by atoms with van der Waals surface area (Å²) in [5.41, 5.74) is 32.4. The molecule has 0 amide bonds. The average molecular weight is 1440 g/mol. The second-order valence-electron chi connectivity index (χ2n) is 30.7. The van der Waals surface area contributed by atoms with Gasteiger partial charge in [0, 0.05) is 34.1 Å². The number of hydrogen-bond donors (Lipinski definition) is 0. The van der Waals surface area contributed by atoms with Gasteiger partial charge in [0.15, 0.2) is 0 Å². The van der Waals surface area contributed by atoms with Gasteiger partial charge in [-0.05, 0) is 344 Å². The molecule has 0 fully saturated rings. The third kappa shape index (κ3) is 11.0. The minimum absolute atomic E-state index is 0.728. The quantitative estimate of drug-likeness (QED) is 0.0804. The third-order valence-electron chi connectivity index (χ3n) is 24.6. The van der Waals surface area contributed by atoms with Crippen molar-refractivity contribution in [2.75, 3.05) is 9.80 Å². The lowest BCUT2D eigenvalue weighted by Gasteiger charge is -2.35. The summed E-state index contributed by atoms with van der Waals surface area (Å²) in [4.78, 5) is 4.80. The molecule has 0 saturated heterocycles. The number of rotatable bonds is 19. The van der Waals surface area contributed by atoms with E-state index in [1.54, 1.807) is 0 Å². The second-order valence-corrected chi connectivity index (χ2v) is 30.7. The van der Waals surface area contributed by atoms with Gasteiger partial charge in [-0.1, -0.05) is 194 Å². The highest BCUT2D eigenvalue weighted by molar-refractivity contribution is 5.92. The van der Waals surface area contributed by atoms with E-state index in [0.717, 1.165) is 165 Å². The Morgan fingerprint density at radius 3 is 0.714 bits per heavy atom. The number of anilines is 6. The van der Waals surface area contributed by atoms with Crippen molar-refractivity contribution in [3.05, 3.63) is 453 Å². The number of ether oxygens (including phenoxy) is 4. The standard InChI is InChI=1S/C106H76N2O4/c1-3-11-83(12-4-1)107(87-47-61-99-97-15-7-9-17-101(97)105(103(99)67-87,79-35-53-89(54-36-79)109-93-49-31-71-19-23-75(71)63-93)80-37-55-90(56-38-80)110-94-50-32-72-20-24-76(72)64-94)85-43-27-69(28-44-85)70-29-45-86(46-30-70)108(84-13-5-2-6-14-84)88-48-62-100-98-16-8-10-18-102(98)106(104(100)68-88,81-39-57-91(58-40-81)111-95-51-33-73-21-25-77(73)65-95)82-41-59-92(60-42-82)112-96-52-34-74-22-26-78(74)66-96/h1-18,27-68H,19-26H2. The minimum Gasteiger partial charge on any atom is -0.457 e. The first-order valence-corrected chi connectivity index (χ1v) is 39.4. The van der Waals surface area contributed by atoms with Crippen LogP contribution >= 0.6 is 0 Å². The Bertz CT molecular complexity index is 5760. The van der Waals surface area contributed by atoms with Crippen LogP contribution in [-0.4, -0.2) is 0 Å². The Balaban J connectivity index is 0.613. The molecule has 6 heteroatoms. The lowest BCUT2D eigenvalue weighted by molar-refractivity contribution is 0.479. The summed E-state index contributed by atoms with van der Waals surface area (Å²) in [5.74, 6) is 6.67. The molecule has 0 bridgehead atoms. The molecule has 0 spiro atoms. The van der Waals surface area contributed by atoms with Crippen molar-refractivity contribution >= 4 is 34.1 Å². The van der Waals surface area contributed by atoms with Gasteiger partial charge in [-0.25, -0.2) is 0 Å². The van der Waals surface area contributed by atoms with Crippen molar-refractivity contribution in [1.82, 2.24) is 0 Å². The maximum absolute atomic E-state index is 6.62. The van der Waals surface area contributed by atoms with Gasteiger partial charge >= 0.3 is 0 Å². The molecular weight excluding hydrogens is 1370 g/mol. The zero-order chi connectivity index (χ0) is 73.9. The van der Waals surface area contributed by atoms with E-state index in [1.807, 2.05) is 0 Å². The molecule has 16 aromatic rings. The summed E-state index contributed by atoms with van der Waals surface area (Å²) in [6.45, 7) is 0. The molecule has 16 aromatic carbocycles. The summed E-state index contributed by atoms with van der Waals surface area (Å²) in [6.07, 6.45) is 8.92. The lowest BCUT2D eigenvalue weighted by atomic mass is 9.67. The van der Waals surface area contributed by atoms with E-state index in [-0.39, 0.29) is 0 Å². The van der Waals surface area contributed by atoms with Gasteiger partial charge in [0.1, 0.15) is 46.0 Å². The van der Waals surface area contributed by atoms with Crippen LogP contribution in [0.4, 0.5) is 34.1 Å². The monoisotopic (exact) mass is 1440 g/mol. The van der Waals surface area contributed by atoms with Crippen LogP contribution in [0.25, 0.3) is 33.4 Å². The van der Waals surface area contributed by atoms with Crippen LogP contribution in [0.1, 0.15) is 89.0 Å². The maximum atomic E-state index is 6.62. The summed E-state index contributed by atoms with van der Waals surface area (Å²) >= 11 is 0. The first-order chi connectivity index (χ1) is 55.4. The molecular formula is C106H76N2O4. The van der Waals surface area contributed by atoms with Crippen LogP contribution in [0.2, 0.25) is 0 Å². The molecule has 0 aliphatic heterocycles. The van der Waals surface area contributed by atoms with Crippen molar-refractivity contribution in [1.29, 1.82) is 0 Å². The normalized spacial score (nSPS) is 14.1. The summed E-state index contributed by atoms with van der Waals surface area (Å²) in [6, 6.07) is 133. The summed E-state index contributed by atoms with van der Waals surface area (Å²) < 4.78 is 26.5. The van der Waals surface area contributed by atoms with Crippen molar-refractivity contribution in [2.45, 2.75) is 62.2 Å². The molecule has 22 rings (SSSR count). The van der Waals surface area contributed by atoms with Gasteiger partial charge in [0.05, 0.1) is 10.8 Å². The van der Waals surface area contributed by atoms with Crippen LogP contribution in [0, 0.1) is 0 Å². The van der Waals surface area contributed by atoms with Crippen LogP contribution in [0.3, 0.4) is 0 Å². The van der Waals surface area contributed by atoms with E-state index in [9.17, 15) is 0 Å². The molecule has 6 aliphatic rings. The van der Waals surface area contributed by atoms with Crippen molar-refractivity contribution in [3.63, 3.8) is 0 Å². The predicted octanol–water partition coefficient (Wildman–Crippen LogP) is 26.6. The summed E-state index contributed by atoms with van der Waals surface area (Å²) in [7, 11) is 0. The first-order valence-electron chi connectivity index (χ1n) is 39.4. The Morgan fingerprint density at radius 2 is 0.429 bits per heavy atom. The Kier molecular flexibility index (Phi) is 15.5. The van der Waals surface area contributed by atoms with Crippen molar-refractivity contribution in [2.24, 2.45) is 0 Å². The first kappa shape index (κ1) is 65.4. The number of fused-ring (bicyclic) bond motifs is 10. The Morgan fingerprint density at radius 1 is 0.179 bits per heavy atom. The zero-order valence-electron chi connectivity index (χ0n) is 61.8. The topological polar surface area (TPSA) is 43.4 Å². The fourth-order valence-corrected chi connectivity index (χ4v) is 18.6. The van der Waals surface area contributed by atoms with E-state index in [4.69, 9.17) is 18.9 Å². The number of benzene rings is 16. The lowest BCUT2D eigenvalue weighted by Crippen LogP contribution is -2.28. The molecule has 6 nitrogen and oxygen atoms in total. The highest BCUT2D eigenvalue weighted by Crippen LogP contribution is 2.60. The van der Waals surface area contributed by atoms with E-state index < -0.39 is 10.8 Å². The van der Waals surface area contributed by atoms with Gasteiger partial charge in [-0.2, -0.15) is 0 Å². The molecule has 6 aliphatic carbocycles. The molecule has 0 aromatic heterocycles. The third-order valence-corrected chi connectivity index (χ3v) is 24.6. The fourth-order valence-electron chi connectivity index (χ4n) is 18.6. The van der Waals surface area contributed by atoms with Crippen LogP contribution in [-0.2, 0) is 62.2 Å². The number of hydrogen-bond acceptors (Lipinski definition) is 6. The second kappa shape index (κ2) is 26.6. The number of para-hydroxylation sites is 2. The SMILES string of the molecule is c1ccc(N(c2ccc(-c3ccc(N(c4ccccc4)c4ccc5c(c4)C(c4ccc(Oc6ccc7c(c6)CC7)cc4)(c4ccc(Oc6ccc7c(c6)CC7)cc4)c4ccccc4-5)cc3)cc2)c2ccc3c(c2)C(c2ccc(Oc4ccc5c(c4)CC5)cc2)(c2ccc(Oc4ccc5c(c4)CC5)cc2)c2ccccc2-3)cc1. The van der Waals surface area contributed by atoms with Gasteiger partial charge in [0.2, 0.25) is 0 Å². The average Bonchev–Trinajstić information content (AvgIpc) is 1.54. The highest BCUT2D eigenvalue weighted by Gasteiger charge is 2.48. The smallest absolute Gasteiger partial charge is 0.127 e. The molecule has 0 heterocycles. The van der Waals surface area contributed by atoms with E-state index in [2.05, 4.69) is 374 Å². The van der Waals surface area contributed by atoms with Crippen LogP contribution in [0.15, 0.2) is 364 Å². The van der Waals surface area contributed by atoms with Gasteiger partial charge in [0.25, 0.3) is 0 Å². The van der Waals surface area contributed by atoms with Crippen LogP contribution < -0.4 is 28.7 Å². The molecule has 0 radical (unpaired) electrons. The molecule has 0 N–H and O–H groups in total. The van der Waals surface area contributed by atoms with Crippen molar-refractivity contribution in [3.8, 4) is 79.4 Å². The Hall–Kier alpha value is -13.7. The number of aryl methyl sites for hydroxylation is 8. The highest BCUT2D eigenvalue weighted by atomic mass is 16.5. The fraction of sp³-hybridized carbons (Fsp3) is 0.0943. The van der Waals surface area contributed by atoms with Gasteiger partial charge < -0.3 is 28.7 Å². The Labute approximate surface area is 653 Å². The van der Waals surface area contributed by atoms with Crippen LogP contribution in [0.5, 0.6) is 46.0 Å². The van der Waals surface area contributed by atoms with E-state index in [0.29, 0.717) is 0 Å². The maximum Gasteiger partial charge on any atom is 0.127 e. The number of nitrogens with zero attached hydrogens (tertiary/aromatic N) is 2. The van der Waals surface area contributed by atoms with Crippen molar-refractivity contribution < 1.29 is 18.9 Å². The molecule has 0 unspecified atom stereocenters. The largest absolute Gasteiger partial charge is 0.457 e.